The molecule has 3 aliphatic rings. The summed E-state index contributed by atoms with van der Waals surface area (Å²) in [7, 11) is 3.19. The molecule has 1 aromatic carbocycles. The Hall–Kier alpha value is -3.31. The van der Waals surface area contributed by atoms with Crippen molar-refractivity contribution in [3.05, 3.63) is 40.9 Å². The molecule has 0 bridgehead atoms. The smallest absolute Gasteiger partial charge is 0.277 e. The van der Waals surface area contributed by atoms with E-state index in [1.807, 2.05) is 0 Å². The van der Waals surface area contributed by atoms with Crippen LogP contribution >= 0.6 is 0 Å². The van der Waals surface area contributed by atoms with Crippen molar-refractivity contribution < 1.29 is 23.9 Å². The van der Waals surface area contributed by atoms with Crippen LogP contribution in [0.25, 0.3) is 0 Å². The molecule has 2 saturated carbocycles. The summed E-state index contributed by atoms with van der Waals surface area (Å²) in [4.78, 5) is 43.8. The zero-order chi connectivity index (χ0) is 30.6. The van der Waals surface area contributed by atoms with E-state index in [1.54, 1.807) is 25.3 Å². The van der Waals surface area contributed by atoms with Crippen LogP contribution in [0.15, 0.2) is 40.0 Å². The zero-order valence-corrected chi connectivity index (χ0v) is 26.0. The zero-order valence-electron chi connectivity index (χ0n) is 26.0. The predicted octanol–water partition coefficient (Wildman–Crippen LogP) is 4.91. The molecule has 3 amide bonds. The third-order valence-corrected chi connectivity index (χ3v) is 8.66. The van der Waals surface area contributed by atoms with Gasteiger partial charge in [-0.3, -0.25) is 19.3 Å². The maximum absolute atomic E-state index is 13.6. The van der Waals surface area contributed by atoms with Crippen LogP contribution in [0.5, 0.6) is 0 Å². The third kappa shape index (κ3) is 8.63. The minimum atomic E-state index is -0.390. The molecule has 236 valence electrons. The van der Waals surface area contributed by atoms with Gasteiger partial charge in [-0.05, 0) is 57.3 Å². The summed E-state index contributed by atoms with van der Waals surface area (Å²) in [5.41, 5.74) is 0.817. The van der Waals surface area contributed by atoms with Crippen molar-refractivity contribution in [3.8, 4) is 0 Å². The van der Waals surface area contributed by atoms with Gasteiger partial charge in [-0.25, -0.2) is 0 Å². The van der Waals surface area contributed by atoms with E-state index < -0.39 is 0 Å². The van der Waals surface area contributed by atoms with E-state index >= 15 is 0 Å². The highest BCUT2D eigenvalue weighted by atomic mass is 16.5. The summed E-state index contributed by atoms with van der Waals surface area (Å²) >= 11 is 0. The van der Waals surface area contributed by atoms with Gasteiger partial charge >= 0.3 is 0 Å². The SMILES string of the molecule is CCN(CCCN1C(=O)c2cccc(N=N/C(C(=O)NC3CCCCC3)=C(/NC3CCCCC3)OC)c2C1=O)CCOC. The Kier molecular flexibility index (Phi) is 12.5. The molecule has 0 saturated heterocycles. The summed E-state index contributed by atoms with van der Waals surface area (Å²) < 4.78 is 10.8. The first-order valence-corrected chi connectivity index (χ1v) is 15.9. The number of methoxy groups -OCH3 is 2. The summed E-state index contributed by atoms with van der Waals surface area (Å²) in [6.07, 6.45) is 11.2. The molecular formula is C32H48N6O5. The van der Waals surface area contributed by atoms with Crippen molar-refractivity contribution >= 4 is 23.4 Å². The lowest BCUT2D eigenvalue weighted by Gasteiger charge is -2.26. The Morgan fingerprint density at radius 1 is 0.953 bits per heavy atom. The second-order valence-electron chi connectivity index (χ2n) is 11.6. The van der Waals surface area contributed by atoms with Crippen LogP contribution in [0.1, 0.15) is 98.3 Å². The number of carbonyl (C=O) groups excluding carboxylic acids is 3. The van der Waals surface area contributed by atoms with Crippen molar-refractivity contribution in [3.63, 3.8) is 0 Å². The molecule has 0 aromatic heterocycles. The molecule has 0 spiro atoms. The normalized spacial score (nSPS) is 18.7. The highest BCUT2D eigenvalue weighted by Gasteiger charge is 2.37. The first-order valence-electron chi connectivity index (χ1n) is 15.9. The quantitative estimate of drug-likeness (QED) is 0.128. The Bertz CT molecular complexity index is 1170. The summed E-state index contributed by atoms with van der Waals surface area (Å²) in [6, 6.07) is 5.24. The Balaban J connectivity index is 1.54. The highest BCUT2D eigenvalue weighted by molar-refractivity contribution is 6.23. The van der Waals surface area contributed by atoms with Crippen LogP contribution in [0, 0.1) is 0 Å². The molecule has 1 aliphatic heterocycles. The van der Waals surface area contributed by atoms with Crippen LogP contribution in [0.4, 0.5) is 5.69 Å². The number of ether oxygens (including phenoxy) is 2. The molecule has 1 heterocycles. The number of azo groups is 1. The van der Waals surface area contributed by atoms with E-state index in [-0.39, 0.29) is 52.6 Å². The van der Waals surface area contributed by atoms with Crippen LogP contribution in [0.3, 0.4) is 0 Å². The van der Waals surface area contributed by atoms with E-state index in [1.165, 1.54) is 24.9 Å². The Morgan fingerprint density at radius 2 is 1.63 bits per heavy atom. The van der Waals surface area contributed by atoms with Gasteiger partial charge in [-0.1, -0.05) is 51.5 Å². The van der Waals surface area contributed by atoms with Crippen molar-refractivity contribution in [2.75, 3.05) is 47.0 Å². The molecule has 1 aromatic rings. The van der Waals surface area contributed by atoms with Gasteiger partial charge in [0.1, 0.15) is 0 Å². The fourth-order valence-corrected chi connectivity index (χ4v) is 6.16. The molecular weight excluding hydrogens is 548 g/mol. The summed E-state index contributed by atoms with van der Waals surface area (Å²) in [6.45, 7) is 5.42. The number of hydrogen-bond donors (Lipinski definition) is 2. The second kappa shape index (κ2) is 16.5. The maximum Gasteiger partial charge on any atom is 0.277 e. The van der Waals surface area contributed by atoms with Gasteiger partial charge in [0.2, 0.25) is 11.6 Å². The molecule has 4 rings (SSSR count). The van der Waals surface area contributed by atoms with Crippen LogP contribution < -0.4 is 10.6 Å². The first-order chi connectivity index (χ1) is 21.0. The van der Waals surface area contributed by atoms with Gasteiger partial charge in [0.15, 0.2) is 0 Å². The third-order valence-electron chi connectivity index (χ3n) is 8.66. The molecule has 11 heteroatoms. The molecule has 0 radical (unpaired) electrons. The number of hydrogen-bond acceptors (Lipinski definition) is 9. The number of imide groups is 1. The fraction of sp³-hybridized carbons (Fsp3) is 0.656. The van der Waals surface area contributed by atoms with Gasteiger partial charge in [-0.15, -0.1) is 10.2 Å². The maximum atomic E-state index is 13.6. The van der Waals surface area contributed by atoms with Crippen LogP contribution in [-0.2, 0) is 14.3 Å². The molecule has 0 unspecified atom stereocenters. The van der Waals surface area contributed by atoms with Crippen molar-refractivity contribution in [2.24, 2.45) is 10.2 Å². The summed E-state index contributed by atoms with van der Waals surface area (Å²) in [5, 5.41) is 15.3. The second-order valence-corrected chi connectivity index (χ2v) is 11.6. The molecule has 11 nitrogen and oxygen atoms in total. The van der Waals surface area contributed by atoms with Gasteiger partial charge in [0.25, 0.3) is 17.7 Å². The topological polar surface area (TPSA) is 125 Å². The van der Waals surface area contributed by atoms with E-state index in [0.717, 1.165) is 71.0 Å². The largest absolute Gasteiger partial charge is 0.481 e. The standard InChI is InChI=1S/C32H48N6O5/c1-4-37(21-22-42-2)19-12-20-38-31(40)25-17-11-18-26(27(25)32(38)41)35-36-28(29(39)33-23-13-7-5-8-14-23)30(43-3)34-24-15-9-6-10-16-24/h11,17-18,23-24,34H,4-10,12-16,19-22H2,1-3H3,(H,33,39)/b30-28-,36-35?. The number of nitrogens with one attached hydrogen (secondary N) is 2. The fourth-order valence-electron chi connectivity index (χ4n) is 6.16. The monoisotopic (exact) mass is 596 g/mol. The number of carbonyl (C=O) groups is 3. The lowest BCUT2D eigenvalue weighted by atomic mass is 9.95. The number of nitrogens with zero attached hydrogens (tertiary/aromatic N) is 4. The average molecular weight is 597 g/mol. The lowest BCUT2D eigenvalue weighted by molar-refractivity contribution is -0.118. The summed E-state index contributed by atoms with van der Waals surface area (Å²) in [5.74, 6) is -0.811. The van der Waals surface area contributed by atoms with E-state index in [0.29, 0.717) is 25.1 Å². The average Bonchev–Trinajstić information content (AvgIpc) is 3.28. The van der Waals surface area contributed by atoms with Crippen molar-refractivity contribution in [2.45, 2.75) is 89.6 Å². The number of benzene rings is 1. The minimum absolute atomic E-state index is 0.0422. The minimum Gasteiger partial charge on any atom is -0.481 e. The van der Waals surface area contributed by atoms with Gasteiger partial charge < -0.3 is 25.0 Å². The van der Waals surface area contributed by atoms with Gasteiger partial charge in [-0.2, -0.15) is 0 Å². The van der Waals surface area contributed by atoms with E-state index in [9.17, 15) is 14.4 Å². The number of fused-ring (bicyclic) bond motifs is 1. The number of likely N-dealkylation sites (N-methyl/N-ethyl adjacent to an activating group) is 1. The predicted molar refractivity (Wildman–Crippen MR) is 164 cm³/mol. The molecule has 43 heavy (non-hydrogen) atoms. The molecule has 2 aliphatic carbocycles. The van der Waals surface area contributed by atoms with Gasteiger partial charge in [0, 0.05) is 32.3 Å². The Labute approximate surface area is 255 Å². The Morgan fingerprint density at radius 3 is 2.26 bits per heavy atom. The molecule has 2 N–H and O–H groups in total. The van der Waals surface area contributed by atoms with Crippen molar-refractivity contribution in [1.82, 2.24) is 20.4 Å². The molecule has 2 fully saturated rings. The van der Waals surface area contributed by atoms with E-state index in [2.05, 4.69) is 32.7 Å². The molecule has 0 atom stereocenters. The van der Waals surface area contributed by atoms with Gasteiger partial charge in [0.05, 0.1) is 30.5 Å². The number of rotatable bonds is 15. The lowest BCUT2D eigenvalue weighted by Crippen LogP contribution is -2.39. The highest BCUT2D eigenvalue weighted by Crippen LogP contribution is 2.32. The van der Waals surface area contributed by atoms with Crippen molar-refractivity contribution in [1.29, 1.82) is 0 Å². The number of amides is 3. The van der Waals surface area contributed by atoms with Crippen LogP contribution in [0.2, 0.25) is 0 Å². The van der Waals surface area contributed by atoms with E-state index in [4.69, 9.17) is 9.47 Å². The first kappa shape index (κ1) is 32.6. The van der Waals surface area contributed by atoms with Crippen LogP contribution in [-0.4, -0.2) is 86.6 Å².